The van der Waals surface area contributed by atoms with Gasteiger partial charge in [0.2, 0.25) is 5.91 Å². The number of ether oxygens (including phenoxy) is 1. The summed E-state index contributed by atoms with van der Waals surface area (Å²) in [5, 5.41) is 6.36. The van der Waals surface area contributed by atoms with Crippen LogP contribution in [0.1, 0.15) is 40.1 Å². The average molecular weight is 468 g/mol. The van der Waals surface area contributed by atoms with Crippen LogP contribution in [0.4, 0.5) is 11.4 Å². The number of rotatable bonds is 6. The maximum Gasteiger partial charge on any atom is 0.338 e. The summed E-state index contributed by atoms with van der Waals surface area (Å²) in [7, 11) is 0. The fraction of sp³-hybridized carbons (Fsp3) is 0.143. The van der Waals surface area contributed by atoms with E-state index in [0.717, 1.165) is 16.5 Å². The Morgan fingerprint density at radius 1 is 0.886 bits per heavy atom. The summed E-state index contributed by atoms with van der Waals surface area (Å²) in [5.41, 5.74) is 5.10. The summed E-state index contributed by atoms with van der Waals surface area (Å²) < 4.78 is 5.05. The van der Waals surface area contributed by atoms with Crippen molar-refractivity contribution in [2.24, 2.45) is 0 Å². The minimum absolute atomic E-state index is 0.150. The first-order chi connectivity index (χ1) is 16.8. The molecule has 4 rings (SSSR count). The molecule has 0 saturated carbocycles. The normalized spacial score (nSPS) is 10.6. The molecular formula is C28H25N3O4. The molecule has 0 aliphatic carbocycles. The zero-order valence-electron chi connectivity index (χ0n) is 19.7. The molecule has 35 heavy (non-hydrogen) atoms. The van der Waals surface area contributed by atoms with Crippen molar-refractivity contribution in [3.8, 4) is 11.3 Å². The lowest BCUT2D eigenvalue weighted by Crippen LogP contribution is -2.14. The Hall–Kier alpha value is -4.52. The molecule has 7 heteroatoms. The monoisotopic (exact) mass is 467 g/mol. The van der Waals surface area contributed by atoms with Crippen LogP contribution in [0, 0.1) is 6.92 Å². The van der Waals surface area contributed by atoms with Gasteiger partial charge in [-0.2, -0.15) is 0 Å². The molecule has 0 unspecified atom stereocenters. The Morgan fingerprint density at radius 2 is 1.66 bits per heavy atom. The van der Waals surface area contributed by atoms with E-state index in [1.165, 1.54) is 6.92 Å². The largest absolute Gasteiger partial charge is 0.462 e. The molecule has 0 spiro atoms. The van der Waals surface area contributed by atoms with E-state index < -0.39 is 5.97 Å². The molecule has 2 amide bonds. The molecule has 0 aliphatic heterocycles. The van der Waals surface area contributed by atoms with Gasteiger partial charge in [0.1, 0.15) is 0 Å². The molecule has 0 atom stereocenters. The molecule has 3 aromatic carbocycles. The number of carbonyl (C=O) groups is 3. The highest BCUT2D eigenvalue weighted by Crippen LogP contribution is 2.27. The molecule has 1 aromatic heterocycles. The van der Waals surface area contributed by atoms with E-state index in [2.05, 4.69) is 10.6 Å². The van der Waals surface area contributed by atoms with Crippen LogP contribution in [0.5, 0.6) is 0 Å². The maximum atomic E-state index is 13.4. The van der Waals surface area contributed by atoms with E-state index in [1.54, 1.807) is 49.4 Å². The van der Waals surface area contributed by atoms with E-state index in [9.17, 15) is 14.4 Å². The molecule has 1 heterocycles. The molecular weight excluding hydrogens is 442 g/mol. The number of esters is 1. The van der Waals surface area contributed by atoms with Crippen LogP contribution in [0.2, 0.25) is 0 Å². The summed E-state index contributed by atoms with van der Waals surface area (Å²) in [4.78, 5) is 41.6. The summed E-state index contributed by atoms with van der Waals surface area (Å²) in [6, 6.07) is 21.4. The summed E-state index contributed by atoms with van der Waals surface area (Å²) in [6.45, 7) is 5.42. The molecule has 0 fully saturated rings. The predicted octanol–water partition coefficient (Wildman–Crippen LogP) is 5.60. The zero-order chi connectivity index (χ0) is 24.9. The van der Waals surface area contributed by atoms with Crippen molar-refractivity contribution in [3.63, 3.8) is 0 Å². The number of fused-ring (bicyclic) bond motifs is 1. The summed E-state index contributed by atoms with van der Waals surface area (Å²) >= 11 is 0. The van der Waals surface area contributed by atoms with Gasteiger partial charge in [-0.25, -0.2) is 9.78 Å². The van der Waals surface area contributed by atoms with E-state index in [4.69, 9.17) is 9.72 Å². The molecule has 0 radical (unpaired) electrons. The number of hydrogen-bond acceptors (Lipinski definition) is 5. The summed E-state index contributed by atoms with van der Waals surface area (Å²) in [6.07, 6.45) is 0. The van der Waals surface area contributed by atoms with E-state index in [1.807, 2.05) is 37.3 Å². The zero-order valence-corrected chi connectivity index (χ0v) is 19.7. The number of aryl methyl sites for hydroxylation is 1. The number of benzene rings is 3. The number of carbonyl (C=O) groups excluding carboxylic acids is 3. The molecule has 176 valence electrons. The van der Waals surface area contributed by atoms with Crippen molar-refractivity contribution in [1.82, 2.24) is 4.98 Å². The molecule has 0 saturated heterocycles. The van der Waals surface area contributed by atoms with Crippen LogP contribution in [-0.2, 0) is 9.53 Å². The highest BCUT2D eigenvalue weighted by molar-refractivity contribution is 6.13. The third-order valence-electron chi connectivity index (χ3n) is 5.34. The Balaban J connectivity index is 1.71. The molecule has 7 nitrogen and oxygen atoms in total. The van der Waals surface area contributed by atoms with Crippen molar-refractivity contribution in [1.29, 1.82) is 0 Å². The summed E-state index contributed by atoms with van der Waals surface area (Å²) in [5.74, 6) is -0.915. The minimum Gasteiger partial charge on any atom is -0.462 e. The minimum atomic E-state index is -0.446. The third-order valence-corrected chi connectivity index (χ3v) is 5.34. The van der Waals surface area contributed by atoms with Crippen molar-refractivity contribution < 1.29 is 19.1 Å². The second-order valence-electron chi connectivity index (χ2n) is 8.09. The van der Waals surface area contributed by atoms with Gasteiger partial charge in [0.15, 0.2) is 0 Å². The Kier molecular flexibility index (Phi) is 6.87. The van der Waals surface area contributed by atoms with Crippen LogP contribution in [-0.4, -0.2) is 29.4 Å². The second kappa shape index (κ2) is 10.2. The lowest BCUT2D eigenvalue weighted by molar-refractivity contribution is -0.114. The van der Waals surface area contributed by atoms with Gasteiger partial charge in [-0.3, -0.25) is 9.59 Å². The molecule has 4 aromatic rings. The Labute approximate surface area is 203 Å². The number of anilines is 2. The fourth-order valence-corrected chi connectivity index (χ4v) is 3.74. The number of nitrogens with zero attached hydrogens (tertiary/aromatic N) is 1. The van der Waals surface area contributed by atoms with E-state index in [-0.39, 0.29) is 18.4 Å². The highest BCUT2D eigenvalue weighted by Gasteiger charge is 2.16. The predicted molar refractivity (Wildman–Crippen MR) is 137 cm³/mol. The van der Waals surface area contributed by atoms with Gasteiger partial charge in [-0.15, -0.1) is 0 Å². The second-order valence-corrected chi connectivity index (χ2v) is 8.09. The SMILES string of the molecule is CCOC(=O)c1cccc(NC(=O)c2cc(-c3ccc(NC(C)=O)cc3)nc3ccc(C)cc23)c1. The standard InChI is InChI=1S/C28H25N3O4/c1-4-35-28(34)20-6-5-7-22(15-20)30-27(33)24-16-26(31-25-13-8-17(2)14-23(24)25)19-9-11-21(12-10-19)29-18(3)32/h5-16H,4H2,1-3H3,(H,29,32)(H,30,33). The van der Waals surface area contributed by atoms with Crippen LogP contribution >= 0.6 is 0 Å². The topological polar surface area (TPSA) is 97.4 Å². The molecule has 0 aliphatic rings. The van der Waals surface area contributed by atoms with Gasteiger partial charge in [0.25, 0.3) is 5.91 Å². The number of nitrogens with one attached hydrogen (secondary N) is 2. The lowest BCUT2D eigenvalue weighted by atomic mass is 10.0. The van der Waals surface area contributed by atoms with Crippen molar-refractivity contribution in [2.45, 2.75) is 20.8 Å². The maximum absolute atomic E-state index is 13.4. The average Bonchev–Trinajstić information content (AvgIpc) is 2.84. The van der Waals surface area contributed by atoms with E-state index >= 15 is 0 Å². The van der Waals surface area contributed by atoms with Gasteiger partial charge < -0.3 is 15.4 Å². The fourth-order valence-electron chi connectivity index (χ4n) is 3.74. The number of aromatic nitrogens is 1. The third kappa shape index (κ3) is 5.52. The van der Waals surface area contributed by atoms with Crippen LogP contribution in [0.25, 0.3) is 22.2 Å². The van der Waals surface area contributed by atoms with E-state index in [0.29, 0.717) is 33.7 Å². The number of amides is 2. The van der Waals surface area contributed by atoms with Crippen molar-refractivity contribution >= 4 is 40.1 Å². The van der Waals surface area contributed by atoms with Gasteiger partial charge in [0.05, 0.1) is 28.9 Å². The van der Waals surface area contributed by atoms with Crippen LogP contribution in [0.3, 0.4) is 0 Å². The number of hydrogen-bond donors (Lipinski definition) is 2. The highest BCUT2D eigenvalue weighted by atomic mass is 16.5. The Bertz CT molecular complexity index is 1430. The smallest absolute Gasteiger partial charge is 0.338 e. The molecule has 0 bridgehead atoms. The first-order valence-electron chi connectivity index (χ1n) is 11.2. The quantitative estimate of drug-likeness (QED) is 0.360. The van der Waals surface area contributed by atoms with Crippen molar-refractivity contribution in [3.05, 3.63) is 89.5 Å². The first-order valence-corrected chi connectivity index (χ1v) is 11.2. The van der Waals surface area contributed by atoms with Gasteiger partial charge in [-0.05, 0) is 62.4 Å². The van der Waals surface area contributed by atoms with Gasteiger partial charge in [-0.1, -0.05) is 29.8 Å². The van der Waals surface area contributed by atoms with Crippen LogP contribution in [0.15, 0.2) is 72.8 Å². The van der Waals surface area contributed by atoms with Gasteiger partial charge in [0, 0.05) is 29.2 Å². The van der Waals surface area contributed by atoms with Crippen LogP contribution < -0.4 is 10.6 Å². The Morgan fingerprint density at radius 3 is 2.37 bits per heavy atom. The molecule has 2 N–H and O–H groups in total. The van der Waals surface area contributed by atoms with Crippen molar-refractivity contribution in [2.75, 3.05) is 17.2 Å². The first kappa shape index (κ1) is 23.6. The van der Waals surface area contributed by atoms with Gasteiger partial charge >= 0.3 is 5.97 Å². The number of pyridine rings is 1. The lowest BCUT2D eigenvalue weighted by Gasteiger charge is -2.12.